The number of ketones is 1. The van der Waals surface area contributed by atoms with Gasteiger partial charge in [0, 0.05) is 5.92 Å². The molecule has 3 nitrogen and oxygen atoms in total. The number of hydrogen-bond donors (Lipinski definition) is 1. The second kappa shape index (κ2) is 8.24. The van der Waals surface area contributed by atoms with Gasteiger partial charge in [-0.1, -0.05) is 44.2 Å². The lowest BCUT2D eigenvalue weighted by atomic mass is 9.44. The molecule has 4 aliphatic carbocycles. The Morgan fingerprint density at radius 1 is 0.969 bits per heavy atom. The van der Waals surface area contributed by atoms with Crippen LogP contribution >= 0.6 is 0 Å². The highest BCUT2D eigenvalue weighted by atomic mass is 16.5. The lowest BCUT2D eigenvalue weighted by Gasteiger charge is -2.62. The van der Waals surface area contributed by atoms with E-state index in [-0.39, 0.29) is 11.3 Å². The quantitative estimate of drug-likeness (QED) is 0.597. The van der Waals surface area contributed by atoms with E-state index < -0.39 is 5.60 Å². The molecule has 0 saturated heterocycles. The molecule has 4 fully saturated rings. The predicted octanol–water partition coefficient (Wildman–Crippen LogP) is 6.18. The van der Waals surface area contributed by atoms with E-state index in [2.05, 4.69) is 26.0 Å². The number of Topliss-reactive ketones (excluding diaryl/α,β-unsaturated/α-hetero) is 1. The standard InChI is InChI=1S/C29H42O3/c1-20(30)24-11-12-25-23-10-9-22-17-29(31,19-32-18-21-7-5-4-6-8-21)16-15-27(22,2)26(23)13-14-28(24,25)3/h4-8,22-26,31H,9-19H2,1-3H3/t22?,23-,24+,25-,26-,27-,28+,29?/m0/s1. The molecule has 1 aromatic rings. The van der Waals surface area contributed by atoms with Crippen molar-refractivity contribution >= 4 is 5.78 Å². The summed E-state index contributed by atoms with van der Waals surface area (Å²) in [5.41, 5.74) is 1.06. The molecule has 0 heterocycles. The van der Waals surface area contributed by atoms with Crippen LogP contribution in [0.5, 0.6) is 0 Å². The molecule has 4 aliphatic rings. The molecule has 4 saturated carbocycles. The average molecular weight is 439 g/mol. The van der Waals surface area contributed by atoms with Gasteiger partial charge in [0.2, 0.25) is 0 Å². The molecule has 0 aliphatic heterocycles. The molecule has 0 amide bonds. The summed E-state index contributed by atoms with van der Waals surface area (Å²) in [7, 11) is 0. The molecule has 3 heteroatoms. The number of fused-ring (bicyclic) bond motifs is 5. The van der Waals surface area contributed by atoms with Gasteiger partial charge in [-0.2, -0.15) is 0 Å². The van der Waals surface area contributed by atoms with E-state index in [9.17, 15) is 9.90 Å². The third-order valence-corrected chi connectivity index (χ3v) is 10.8. The normalized spacial score (nSPS) is 45.6. The van der Waals surface area contributed by atoms with Gasteiger partial charge in [-0.25, -0.2) is 0 Å². The molecule has 5 rings (SSSR count). The first-order valence-electron chi connectivity index (χ1n) is 13.1. The maximum Gasteiger partial charge on any atom is 0.133 e. The predicted molar refractivity (Wildman–Crippen MR) is 127 cm³/mol. The summed E-state index contributed by atoms with van der Waals surface area (Å²) in [6.45, 7) is 7.82. The van der Waals surface area contributed by atoms with Crippen molar-refractivity contribution in [3.8, 4) is 0 Å². The number of carbonyl (C=O) groups excluding carboxylic acids is 1. The van der Waals surface area contributed by atoms with Crippen LogP contribution in [0.3, 0.4) is 0 Å². The Morgan fingerprint density at radius 3 is 2.47 bits per heavy atom. The second-order valence-corrected chi connectivity index (χ2v) is 12.3. The molecule has 0 spiro atoms. The van der Waals surface area contributed by atoms with E-state index >= 15 is 0 Å². The maximum atomic E-state index is 12.4. The minimum atomic E-state index is -0.679. The first kappa shape index (κ1) is 22.6. The first-order chi connectivity index (χ1) is 15.3. The highest BCUT2D eigenvalue weighted by Gasteiger charge is 2.61. The van der Waals surface area contributed by atoms with Gasteiger partial charge in [0.15, 0.2) is 0 Å². The van der Waals surface area contributed by atoms with Gasteiger partial charge < -0.3 is 9.84 Å². The Labute approximate surface area is 194 Å². The number of aliphatic hydroxyl groups is 1. The van der Waals surface area contributed by atoms with Crippen LogP contribution in [-0.2, 0) is 16.1 Å². The van der Waals surface area contributed by atoms with Crippen LogP contribution in [0.1, 0.15) is 84.1 Å². The number of carbonyl (C=O) groups is 1. The van der Waals surface area contributed by atoms with Crippen LogP contribution in [0.15, 0.2) is 30.3 Å². The molecule has 2 unspecified atom stereocenters. The number of benzene rings is 1. The Kier molecular flexibility index (Phi) is 5.82. The molecule has 176 valence electrons. The van der Waals surface area contributed by atoms with Crippen LogP contribution in [0.2, 0.25) is 0 Å². The molecule has 1 N–H and O–H groups in total. The highest BCUT2D eigenvalue weighted by Crippen LogP contribution is 2.68. The summed E-state index contributed by atoms with van der Waals surface area (Å²) in [6, 6.07) is 10.3. The van der Waals surface area contributed by atoms with Gasteiger partial charge in [-0.15, -0.1) is 0 Å². The number of ether oxygens (including phenoxy) is 1. The summed E-state index contributed by atoms with van der Waals surface area (Å²) in [6.07, 6.45) is 10.2. The van der Waals surface area contributed by atoms with Crippen molar-refractivity contribution in [2.24, 2.45) is 40.4 Å². The topological polar surface area (TPSA) is 46.5 Å². The smallest absolute Gasteiger partial charge is 0.133 e. The lowest BCUT2D eigenvalue weighted by Crippen LogP contribution is -2.56. The van der Waals surface area contributed by atoms with Crippen molar-refractivity contribution in [1.29, 1.82) is 0 Å². The fourth-order valence-corrected chi connectivity index (χ4v) is 9.05. The Bertz CT molecular complexity index is 836. The molecule has 32 heavy (non-hydrogen) atoms. The maximum absolute atomic E-state index is 12.4. The zero-order valence-electron chi connectivity index (χ0n) is 20.3. The van der Waals surface area contributed by atoms with Crippen molar-refractivity contribution in [1.82, 2.24) is 0 Å². The minimum absolute atomic E-state index is 0.233. The number of hydrogen-bond acceptors (Lipinski definition) is 3. The fourth-order valence-electron chi connectivity index (χ4n) is 9.05. The van der Waals surface area contributed by atoms with E-state index in [1.807, 2.05) is 25.1 Å². The summed E-state index contributed by atoms with van der Waals surface area (Å²) in [5.74, 6) is 3.57. The number of rotatable bonds is 5. The zero-order valence-corrected chi connectivity index (χ0v) is 20.3. The summed E-state index contributed by atoms with van der Waals surface area (Å²) >= 11 is 0. The van der Waals surface area contributed by atoms with Gasteiger partial charge in [0.1, 0.15) is 5.78 Å². The van der Waals surface area contributed by atoms with Crippen LogP contribution in [0.4, 0.5) is 0 Å². The first-order valence-corrected chi connectivity index (χ1v) is 13.1. The van der Waals surface area contributed by atoms with Gasteiger partial charge >= 0.3 is 0 Å². The molecule has 0 radical (unpaired) electrons. The van der Waals surface area contributed by atoms with Crippen molar-refractivity contribution in [3.05, 3.63) is 35.9 Å². The molecule has 0 aromatic heterocycles. The van der Waals surface area contributed by atoms with Crippen LogP contribution in [0, 0.1) is 40.4 Å². The van der Waals surface area contributed by atoms with Gasteiger partial charge in [0.25, 0.3) is 0 Å². The van der Waals surface area contributed by atoms with Gasteiger partial charge in [-0.3, -0.25) is 4.79 Å². The minimum Gasteiger partial charge on any atom is -0.387 e. The molecular formula is C29H42O3. The van der Waals surface area contributed by atoms with Gasteiger partial charge in [-0.05, 0) is 105 Å². The summed E-state index contributed by atoms with van der Waals surface area (Å²) in [4.78, 5) is 12.4. The third-order valence-electron chi connectivity index (χ3n) is 10.8. The van der Waals surface area contributed by atoms with E-state index in [0.29, 0.717) is 30.3 Å². The summed E-state index contributed by atoms with van der Waals surface area (Å²) < 4.78 is 6.00. The van der Waals surface area contributed by atoms with Crippen LogP contribution in [0.25, 0.3) is 0 Å². The Morgan fingerprint density at radius 2 is 1.72 bits per heavy atom. The molecule has 0 bridgehead atoms. The van der Waals surface area contributed by atoms with Crippen molar-refractivity contribution < 1.29 is 14.6 Å². The van der Waals surface area contributed by atoms with E-state index in [1.54, 1.807) is 0 Å². The Hall–Kier alpha value is -1.19. The van der Waals surface area contributed by atoms with E-state index in [0.717, 1.165) is 43.4 Å². The third kappa shape index (κ3) is 3.68. The SMILES string of the molecule is CC(=O)[C@H]1CC[C@H]2[C@@H]3CCC4CC(O)(COCc5ccccc5)CC[C@]4(C)[C@H]3CC[C@]12C. The van der Waals surface area contributed by atoms with Crippen molar-refractivity contribution in [2.45, 2.75) is 90.8 Å². The van der Waals surface area contributed by atoms with Crippen molar-refractivity contribution in [2.75, 3.05) is 6.61 Å². The van der Waals surface area contributed by atoms with E-state index in [4.69, 9.17) is 4.74 Å². The monoisotopic (exact) mass is 438 g/mol. The average Bonchev–Trinajstić information content (AvgIpc) is 3.13. The molecule has 1 aromatic carbocycles. The Balaban J connectivity index is 1.25. The fraction of sp³-hybridized carbons (Fsp3) is 0.759. The highest BCUT2D eigenvalue weighted by molar-refractivity contribution is 5.79. The molecular weight excluding hydrogens is 396 g/mol. The summed E-state index contributed by atoms with van der Waals surface area (Å²) in [5, 5.41) is 11.4. The zero-order chi connectivity index (χ0) is 22.6. The van der Waals surface area contributed by atoms with Crippen molar-refractivity contribution in [3.63, 3.8) is 0 Å². The van der Waals surface area contributed by atoms with Crippen LogP contribution in [-0.4, -0.2) is 23.1 Å². The van der Waals surface area contributed by atoms with Crippen LogP contribution < -0.4 is 0 Å². The van der Waals surface area contributed by atoms with Gasteiger partial charge in [0.05, 0.1) is 18.8 Å². The van der Waals surface area contributed by atoms with E-state index in [1.165, 1.54) is 37.7 Å². The molecule has 8 atom stereocenters. The second-order valence-electron chi connectivity index (χ2n) is 12.3. The largest absolute Gasteiger partial charge is 0.387 e. The lowest BCUT2D eigenvalue weighted by molar-refractivity contribution is -0.167.